The standard InChI is InChI=1S/C17H16N4O4/c1-3-24-17(23)14-10(2)19-21-16(14)20-18-8-11-9-25-13-7-5-4-6-12(13)15(11)22/h4-9H,3H2,1-2H3,(H2,19,20,21)/b18-8+. The zero-order valence-corrected chi connectivity index (χ0v) is 13.7. The van der Waals surface area contributed by atoms with Crippen LogP contribution in [0.2, 0.25) is 0 Å². The number of nitrogens with zero attached hydrogens (tertiary/aromatic N) is 2. The highest BCUT2D eigenvalue weighted by atomic mass is 16.5. The molecule has 0 aliphatic rings. The molecule has 1 aromatic carbocycles. The highest BCUT2D eigenvalue weighted by Crippen LogP contribution is 2.17. The zero-order valence-electron chi connectivity index (χ0n) is 13.7. The van der Waals surface area contributed by atoms with Crippen LogP contribution in [0.3, 0.4) is 0 Å². The van der Waals surface area contributed by atoms with Crippen LogP contribution in [0.1, 0.15) is 28.5 Å². The number of nitrogens with one attached hydrogen (secondary N) is 2. The monoisotopic (exact) mass is 340 g/mol. The molecule has 3 aromatic rings. The summed E-state index contributed by atoms with van der Waals surface area (Å²) in [5, 5.41) is 11.1. The molecule has 2 aromatic heterocycles. The number of H-pyrrole nitrogens is 1. The molecule has 0 bridgehead atoms. The molecule has 0 spiro atoms. The molecule has 0 saturated heterocycles. The fourth-order valence-corrected chi connectivity index (χ4v) is 2.31. The average Bonchev–Trinajstić information content (AvgIpc) is 2.98. The molecule has 0 atom stereocenters. The number of anilines is 1. The van der Waals surface area contributed by atoms with Crippen LogP contribution in [0.25, 0.3) is 11.0 Å². The molecule has 0 saturated carbocycles. The summed E-state index contributed by atoms with van der Waals surface area (Å²) >= 11 is 0. The maximum atomic E-state index is 12.4. The molecule has 2 N–H and O–H groups in total. The third kappa shape index (κ3) is 3.27. The van der Waals surface area contributed by atoms with Gasteiger partial charge in [-0.3, -0.25) is 15.3 Å². The van der Waals surface area contributed by atoms with Crippen molar-refractivity contribution in [2.75, 3.05) is 12.0 Å². The predicted molar refractivity (Wildman–Crippen MR) is 93.0 cm³/mol. The van der Waals surface area contributed by atoms with Crippen LogP contribution >= 0.6 is 0 Å². The van der Waals surface area contributed by atoms with Crippen LogP contribution in [0.4, 0.5) is 5.82 Å². The van der Waals surface area contributed by atoms with Crippen LogP contribution in [-0.2, 0) is 4.74 Å². The van der Waals surface area contributed by atoms with Crippen molar-refractivity contribution in [1.29, 1.82) is 0 Å². The Morgan fingerprint density at radius 2 is 2.24 bits per heavy atom. The number of hydrazone groups is 1. The fourth-order valence-electron chi connectivity index (χ4n) is 2.31. The minimum atomic E-state index is -0.503. The summed E-state index contributed by atoms with van der Waals surface area (Å²) in [6.45, 7) is 3.67. The number of carbonyl (C=O) groups excluding carboxylic acids is 1. The molecule has 0 aliphatic heterocycles. The predicted octanol–water partition coefficient (Wildman–Crippen LogP) is 2.45. The highest BCUT2D eigenvalue weighted by Gasteiger charge is 2.19. The zero-order chi connectivity index (χ0) is 17.8. The molecule has 3 rings (SSSR count). The van der Waals surface area contributed by atoms with Crippen molar-refractivity contribution in [2.45, 2.75) is 13.8 Å². The van der Waals surface area contributed by atoms with Gasteiger partial charge in [-0.05, 0) is 26.0 Å². The lowest BCUT2D eigenvalue weighted by Gasteiger charge is -2.02. The van der Waals surface area contributed by atoms with E-state index in [9.17, 15) is 9.59 Å². The van der Waals surface area contributed by atoms with E-state index in [1.807, 2.05) is 0 Å². The molecule has 0 unspecified atom stereocenters. The number of hydrogen-bond acceptors (Lipinski definition) is 7. The van der Waals surface area contributed by atoms with E-state index in [1.54, 1.807) is 38.1 Å². The van der Waals surface area contributed by atoms with Gasteiger partial charge in [0.15, 0.2) is 5.82 Å². The topological polar surface area (TPSA) is 110 Å². The van der Waals surface area contributed by atoms with Crippen molar-refractivity contribution >= 4 is 29.0 Å². The van der Waals surface area contributed by atoms with Gasteiger partial charge in [0.25, 0.3) is 0 Å². The van der Waals surface area contributed by atoms with Gasteiger partial charge in [-0.1, -0.05) is 12.1 Å². The summed E-state index contributed by atoms with van der Waals surface area (Å²) in [5.74, 6) is -0.283. The quantitative estimate of drug-likeness (QED) is 0.419. The van der Waals surface area contributed by atoms with Gasteiger partial charge in [0.1, 0.15) is 17.4 Å². The van der Waals surface area contributed by atoms with Crippen LogP contribution < -0.4 is 10.9 Å². The van der Waals surface area contributed by atoms with Gasteiger partial charge >= 0.3 is 5.97 Å². The van der Waals surface area contributed by atoms with E-state index in [4.69, 9.17) is 9.15 Å². The van der Waals surface area contributed by atoms with Crippen LogP contribution in [0.15, 0.2) is 44.8 Å². The van der Waals surface area contributed by atoms with E-state index >= 15 is 0 Å². The number of aromatic amines is 1. The highest BCUT2D eigenvalue weighted by molar-refractivity contribution is 5.96. The average molecular weight is 340 g/mol. The van der Waals surface area contributed by atoms with E-state index in [-0.39, 0.29) is 29.0 Å². The molecule has 25 heavy (non-hydrogen) atoms. The van der Waals surface area contributed by atoms with E-state index in [1.165, 1.54) is 12.5 Å². The number of para-hydroxylation sites is 1. The Bertz CT molecular complexity index is 1000. The second kappa shape index (κ2) is 7.00. The minimum absolute atomic E-state index is 0.198. The Morgan fingerprint density at radius 3 is 3.04 bits per heavy atom. The molecule has 8 heteroatoms. The molecule has 0 aliphatic carbocycles. The van der Waals surface area contributed by atoms with Crippen molar-refractivity contribution in [3.63, 3.8) is 0 Å². The van der Waals surface area contributed by atoms with Crippen molar-refractivity contribution in [3.8, 4) is 0 Å². The van der Waals surface area contributed by atoms with Crippen molar-refractivity contribution in [3.05, 3.63) is 57.6 Å². The van der Waals surface area contributed by atoms with Gasteiger partial charge in [0.2, 0.25) is 5.43 Å². The lowest BCUT2D eigenvalue weighted by atomic mass is 10.2. The summed E-state index contributed by atoms with van der Waals surface area (Å²) in [7, 11) is 0. The molecular formula is C17H16N4O4. The summed E-state index contributed by atoms with van der Waals surface area (Å²) < 4.78 is 10.4. The second-order valence-electron chi connectivity index (χ2n) is 5.18. The first-order chi connectivity index (χ1) is 12.1. The van der Waals surface area contributed by atoms with Crippen molar-refractivity contribution < 1.29 is 13.9 Å². The van der Waals surface area contributed by atoms with Crippen LogP contribution in [0.5, 0.6) is 0 Å². The first kappa shape index (κ1) is 16.4. The van der Waals surface area contributed by atoms with Crippen molar-refractivity contribution in [2.24, 2.45) is 5.10 Å². The molecular weight excluding hydrogens is 324 g/mol. The Kier molecular flexibility index (Phi) is 4.60. The number of benzene rings is 1. The van der Waals surface area contributed by atoms with Gasteiger partial charge in [-0.15, -0.1) is 0 Å². The molecule has 8 nitrogen and oxygen atoms in total. The summed E-state index contributed by atoms with van der Waals surface area (Å²) in [6, 6.07) is 6.95. The third-order valence-electron chi connectivity index (χ3n) is 3.51. The number of ether oxygens (including phenoxy) is 1. The van der Waals surface area contributed by atoms with Crippen molar-refractivity contribution in [1.82, 2.24) is 10.2 Å². The molecule has 0 radical (unpaired) electrons. The number of aryl methyl sites for hydroxylation is 1. The van der Waals surface area contributed by atoms with Crippen LogP contribution in [0, 0.1) is 6.92 Å². The Hall–Kier alpha value is -3.42. The Balaban J connectivity index is 1.84. The third-order valence-corrected chi connectivity index (χ3v) is 3.51. The normalized spacial score (nSPS) is 11.1. The van der Waals surface area contributed by atoms with E-state index in [2.05, 4.69) is 20.7 Å². The second-order valence-corrected chi connectivity index (χ2v) is 5.18. The van der Waals surface area contributed by atoms with Gasteiger partial charge < -0.3 is 9.15 Å². The van der Waals surface area contributed by atoms with E-state index in [0.717, 1.165) is 0 Å². The van der Waals surface area contributed by atoms with E-state index in [0.29, 0.717) is 16.7 Å². The number of carbonyl (C=O) groups is 1. The Morgan fingerprint density at radius 1 is 1.44 bits per heavy atom. The van der Waals surface area contributed by atoms with E-state index < -0.39 is 5.97 Å². The molecule has 0 amide bonds. The fraction of sp³-hybridized carbons (Fsp3) is 0.176. The minimum Gasteiger partial charge on any atom is -0.463 e. The molecule has 128 valence electrons. The first-order valence-electron chi connectivity index (χ1n) is 7.63. The summed E-state index contributed by atoms with van der Waals surface area (Å²) in [6.07, 6.45) is 2.65. The number of esters is 1. The van der Waals surface area contributed by atoms with Gasteiger partial charge in [0.05, 0.1) is 23.8 Å². The summed E-state index contributed by atoms with van der Waals surface area (Å²) in [5.41, 5.74) is 4.05. The smallest absolute Gasteiger partial charge is 0.343 e. The maximum Gasteiger partial charge on any atom is 0.343 e. The molecule has 2 heterocycles. The number of fused-ring (bicyclic) bond motifs is 1. The molecule has 0 fully saturated rings. The number of aromatic nitrogens is 2. The van der Waals surface area contributed by atoms with Gasteiger partial charge in [-0.25, -0.2) is 4.79 Å². The lowest BCUT2D eigenvalue weighted by Crippen LogP contribution is -2.10. The lowest BCUT2D eigenvalue weighted by molar-refractivity contribution is 0.0526. The SMILES string of the molecule is CCOC(=O)c1c(N/N=C/c2coc3ccccc3c2=O)n[nH]c1C. The largest absolute Gasteiger partial charge is 0.463 e. The number of hydrogen-bond donors (Lipinski definition) is 2. The first-order valence-corrected chi connectivity index (χ1v) is 7.63. The summed E-state index contributed by atoms with van der Waals surface area (Å²) in [4.78, 5) is 24.3. The maximum absolute atomic E-state index is 12.4. The van der Waals surface area contributed by atoms with Crippen LogP contribution in [-0.4, -0.2) is 29.0 Å². The van der Waals surface area contributed by atoms with Gasteiger partial charge in [0, 0.05) is 5.69 Å². The Labute approximate surface area is 142 Å². The number of rotatable bonds is 5. The van der Waals surface area contributed by atoms with Gasteiger partial charge in [-0.2, -0.15) is 10.2 Å².